The van der Waals surface area contributed by atoms with Gasteiger partial charge in [-0.3, -0.25) is 4.79 Å². The molecule has 0 saturated heterocycles. The summed E-state index contributed by atoms with van der Waals surface area (Å²) in [5, 5.41) is 11.2. The molecule has 0 spiro atoms. The predicted octanol–water partition coefficient (Wildman–Crippen LogP) is 3.02. The van der Waals surface area contributed by atoms with E-state index in [9.17, 15) is 14.7 Å². The van der Waals surface area contributed by atoms with Crippen LogP contribution in [-0.4, -0.2) is 24.6 Å². The van der Waals surface area contributed by atoms with E-state index in [4.69, 9.17) is 0 Å². The summed E-state index contributed by atoms with van der Waals surface area (Å²) in [5.41, 5.74) is 3.10. The maximum atomic E-state index is 12.6. The van der Waals surface area contributed by atoms with Crippen molar-refractivity contribution in [2.75, 3.05) is 17.7 Å². The van der Waals surface area contributed by atoms with E-state index >= 15 is 0 Å². The van der Waals surface area contributed by atoms with Gasteiger partial charge >= 0.3 is 0 Å². The number of benzene rings is 2. The van der Waals surface area contributed by atoms with Crippen molar-refractivity contribution in [3.63, 3.8) is 0 Å². The first-order chi connectivity index (χ1) is 12.3. The third-order valence-electron chi connectivity index (χ3n) is 4.72. The number of ketones is 1. The number of likely N-dealkylation sites (N-methyl/N-ethyl adjacent to an activating group) is 1. The van der Waals surface area contributed by atoms with Gasteiger partial charge in [0, 0.05) is 40.4 Å². The van der Waals surface area contributed by atoms with Crippen LogP contribution >= 0.6 is 11.8 Å². The van der Waals surface area contributed by atoms with Gasteiger partial charge in [-0.05, 0) is 17.7 Å². The molecule has 3 rings (SSSR count). The predicted molar refractivity (Wildman–Crippen MR) is 102 cm³/mol. The number of nitrogens with zero attached hydrogens (tertiary/aromatic N) is 1. The lowest BCUT2D eigenvalue weighted by molar-refractivity contribution is -0.255. The summed E-state index contributed by atoms with van der Waals surface area (Å²) in [5.74, 6) is -1.11. The Kier molecular flexibility index (Phi) is 4.92. The number of anilines is 1. The Labute approximate surface area is 157 Å². The van der Waals surface area contributed by atoms with E-state index in [0.717, 1.165) is 11.4 Å². The number of fused-ring (bicyclic) bond motifs is 1. The zero-order chi connectivity index (χ0) is 18.9. The quantitative estimate of drug-likeness (QED) is 0.601. The molecule has 1 aliphatic rings. The number of para-hydroxylation sites is 1. The number of aromatic carboxylic acids is 1. The highest BCUT2D eigenvalue weighted by atomic mass is 32.2. The number of carboxylic acids is 1. The topological polar surface area (TPSA) is 60.4 Å². The second kappa shape index (κ2) is 7.00. The van der Waals surface area contributed by atoms with E-state index in [1.165, 1.54) is 23.4 Å². The molecule has 0 amide bonds. The Balaban J connectivity index is 1.79. The van der Waals surface area contributed by atoms with E-state index in [-0.39, 0.29) is 22.5 Å². The molecule has 0 aromatic heterocycles. The molecule has 4 nitrogen and oxygen atoms in total. The Hall–Kier alpha value is -2.53. The van der Waals surface area contributed by atoms with Crippen molar-refractivity contribution in [3.05, 3.63) is 71.4 Å². The molecule has 2 aromatic rings. The number of carbonyl (C=O) groups is 2. The Morgan fingerprint density at radius 1 is 1.12 bits per heavy atom. The van der Waals surface area contributed by atoms with Crippen LogP contribution in [0.5, 0.6) is 0 Å². The first-order valence-corrected chi connectivity index (χ1v) is 9.32. The van der Waals surface area contributed by atoms with Crippen LogP contribution < -0.4 is 10.0 Å². The van der Waals surface area contributed by atoms with Gasteiger partial charge in [-0.2, -0.15) is 0 Å². The monoisotopic (exact) mass is 366 g/mol. The fourth-order valence-electron chi connectivity index (χ4n) is 3.36. The van der Waals surface area contributed by atoms with Gasteiger partial charge < -0.3 is 14.8 Å². The number of carboxylic acid groups (broad SMARTS) is 1. The molecule has 134 valence electrons. The highest BCUT2D eigenvalue weighted by Gasteiger charge is 2.38. The molecule has 0 fully saturated rings. The van der Waals surface area contributed by atoms with Crippen LogP contribution in [0, 0.1) is 0 Å². The maximum Gasteiger partial charge on any atom is 0.167 e. The highest BCUT2D eigenvalue weighted by Crippen LogP contribution is 2.46. The first-order valence-electron chi connectivity index (χ1n) is 8.34. The molecule has 0 saturated carbocycles. The molecule has 1 heterocycles. The Morgan fingerprint density at radius 3 is 2.46 bits per heavy atom. The van der Waals surface area contributed by atoms with Crippen LogP contribution in [0.3, 0.4) is 0 Å². The van der Waals surface area contributed by atoms with Crippen LogP contribution in [-0.2, 0) is 10.2 Å². The van der Waals surface area contributed by atoms with Crippen molar-refractivity contribution in [1.82, 2.24) is 0 Å². The average Bonchev–Trinajstić information content (AvgIpc) is 2.81. The number of rotatable bonds is 5. The number of hydrogen-bond donors (Lipinski definition) is 0. The summed E-state index contributed by atoms with van der Waals surface area (Å²) in [6.45, 7) is 4.21. The van der Waals surface area contributed by atoms with Gasteiger partial charge in [0.1, 0.15) is 0 Å². The van der Waals surface area contributed by atoms with Crippen molar-refractivity contribution in [1.29, 1.82) is 0 Å². The Bertz CT molecular complexity index is 902. The maximum absolute atomic E-state index is 12.6. The van der Waals surface area contributed by atoms with Gasteiger partial charge in [-0.1, -0.05) is 50.2 Å². The normalized spacial score (nSPS) is 16.6. The number of hydrogen-bond acceptors (Lipinski definition) is 5. The van der Waals surface area contributed by atoms with Crippen LogP contribution in [0.4, 0.5) is 5.69 Å². The fourth-order valence-corrected chi connectivity index (χ4v) is 4.23. The van der Waals surface area contributed by atoms with Crippen molar-refractivity contribution < 1.29 is 14.7 Å². The van der Waals surface area contributed by atoms with Crippen LogP contribution in [0.25, 0.3) is 0 Å². The fraction of sp³-hybridized carbons (Fsp3) is 0.238. The second-order valence-electron chi connectivity index (χ2n) is 6.77. The minimum Gasteiger partial charge on any atom is -0.545 e. The van der Waals surface area contributed by atoms with Gasteiger partial charge in [0.15, 0.2) is 5.78 Å². The third kappa shape index (κ3) is 3.27. The van der Waals surface area contributed by atoms with E-state index < -0.39 is 5.97 Å². The SMILES string of the molecule is CN1/C(=C\C(=O)CSc2ccccc2C(=O)[O-])C(C)(C)c2ccccc21. The van der Waals surface area contributed by atoms with Crippen molar-refractivity contribution in [2.45, 2.75) is 24.2 Å². The van der Waals surface area contributed by atoms with Gasteiger partial charge in [0.05, 0.1) is 11.7 Å². The van der Waals surface area contributed by atoms with Crippen LogP contribution in [0.15, 0.2) is 65.2 Å². The lowest BCUT2D eigenvalue weighted by atomic mass is 9.83. The number of carbonyl (C=O) groups excluding carboxylic acids is 2. The van der Waals surface area contributed by atoms with E-state index in [1.807, 2.05) is 30.1 Å². The number of thioether (sulfide) groups is 1. The third-order valence-corrected chi connectivity index (χ3v) is 5.81. The summed E-state index contributed by atoms with van der Waals surface area (Å²) < 4.78 is 0. The summed E-state index contributed by atoms with van der Waals surface area (Å²) >= 11 is 1.22. The molecule has 5 heteroatoms. The van der Waals surface area contributed by atoms with Crippen molar-refractivity contribution in [2.24, 2.45) is 0 Å². The molecule has 0 aliphatic carbocycles. The Morgan fingerprint density at radius 2 is 1.77 bits per heavy atom. The molecular formula is C21H20NO3S-. The molecule has 1 aliphatic heterocycles. The average molecular weight is 366 g/mol. The van der Waals surface area contributed by atoms with E-state index in [0.29, 0.717) is 4.90 Å². The summed E-state index contributed by atoms with van der Waals surface area (Å²) in [7, 11) is 1.96. The lowest BCUT2D eigenvalue weighted by Crippen LogP contribution is -2.24. The van der Waals surface area contributed by atoms with Crippen LogP contribution in [0.2, 0.25) is 0 Å². The summed E-state index contributed by atoms with van der Waals surface area (Å²) in [4.78, 5) is 26.3. The molecule has 0 N–H and O–H groups in total. The summed E-state index contributed by atoms with van der Waals surface area (Å²) in [6, 6.07) is 14.7. The smallest absolute Gasteiger partial charge is 0.167 e. The zero-order valence-electron chi connectivity index (χ0n) is 15.0. The minimum absolute atomic E-state index is 0.0501. The standard InChI is InChI=1S/C21H21NO3S/c1-21(2)16-9-5-6-10-17(16)22(3)19(21)12-14(23)13-26-18-11-7-4-8-15(18)20(24)25/h4-12H,13H2,1-3H3,(H,24,25)/p-1/b19-12-. The van der Waals surface area contributed by atoms with Crippen LogP contribution in [0.1, 0.15) is 29.8 Å². The molecule has 0 radical (unpaired) electrons. The van der Waals surface area contributed by atoms with Crippen molar-refractivity contribution >= 4 is 29.2 Å². The molecule has 2 aromatic carbocycles. The molecule has 0 bridgehead atoms. The van der Waals surface area contributed by atoms with Gasteiger partial charge in [0.2, 0.25) is 0 Å². The zero-order valence-corrected chi connectivity index (χ0v) is 15.8. The van der Waals surface area contributed by atoms with Gasteiger partial charge in [0.25, 0.3) is 0 Å². The largest absolute Gasteiger partial charge is 0.545 e. The molecule has 0 unspecified atom stereocenters. The highest BCUT2D eigenvalue weighted by molar-refractivity contribution is 8.00. The number of allylic oxidation sites excluding steroid dienone is 2. The lowest BCUT2D eigenvalue weighted by Gasteiger charge is -2.24. The van der Waals surface area contributed by atoms with Gasteiger partial charge in [-0.25, -0.2) is 0 Å². The first kappa shape index (κ1) is 18.3. The summed E-state index contributed by atoms with van der Waals surface area (Å²) in [6.07, 6.45) is 1.68. The minimum atomic E-state index is -1.23. The van der Waals surface area contributed by atoms with E-state index in [1.54, 1.807) is 24.3 Å². The van der Waals surface area contributed by atoms with E-state index in [2.05, 4.69) is 19.9 Å². The molecule has 26 heavy (non-hydrogen) atoms. The molecular weight excluding hydrogens is 346 g/mol. The van der Waals surface area contributed by atoms with Crippen molar-refractivity contribution in [3.8, 4) is 0 Å². The molecule has 0 atom stereocenters. The second-order valence-corrected chi connectivity index (χ2v) is 7.79. The van der Waals surface area contributed by atoms with Gasteiger partial charge in [-0.15, -0.1) is 11.8 Å².